The summed E-state index contributed by atoms with van der Waals surface area (Å²) in [5.74, 6) is 0.0886. The number of carbonyl (C=O) groups excluding carboxylic acids is 2. The summed E-state index contributed by atoms with van der Waals surface area (Å²) in [5.41, 5.74) is 6.92. The van der Waals surface area contributed by atoms with Gasteiger partial charge in [-0.25, -0.2) is 0 Å². The summed E-state index contributed by atoms with van der Waals surface area (Å²) >= 11 is 0. The topological polar surface area (TPSA) is 65.2 Å². The van der Waals surface area contributed by atoms with Crippen LogP contribution in [0.15, 0.2) is 72.8 Å². The van der Waals surface area contributed by atoms with Crippen LogP contribution in [-0.2, 0) is 4.79 Å². The maximum atomic E-state index is 14.1. The second-order valence-corrected chi connectivity index (χ2v) is 10.8. The molecule has 0 bridgehead atoms. The first-order valence-corrected chi connectivity index (χ1v) is 13.8. The molecule has 2 unspecified atom stereocenters. The molecule has 2 amide bonds. The van der Waals surface area contributed by atoms with Crippen molar-refractivity contribution >= 4 is 22.7 Å². The number of aromatic nitrogens is 1. The molecule has 5 rings (SSSR count). The quantitative estimate of drug-likeness (QED) is 0.239. The molecule has 0 spiro atoms. The first kappa shape index (κ1) is 25.8. The molecule has 196 valence electrons. The van der Waals surface area contributed by atoms with Crippen molar-refractivity contribution in [2.24, 2.45) is 5.92 Å². The Morgan fingerprint density at radius 3 is 2.45 bits per heavy atom. The first-order valence-electron chi connectivity index (χ1n) is 13.8. The molecule has 2 atom stereocenters. The second kappa shape index (κ2) is 10.9. The largest absolute Gasteiger partial charge is 0.354 e. The van der Waals surface area contributed by atoms with Gasteiger partial charge in [-0.2, -0.15) is 0 Å². The standard InChI is InChI=1S/C33H37N3O2/c1-5-6-19-34-32(37)28(20-21(2)3)36-31(24-11-7-8-12-25(24)33(36)38)29-26-13-9-10-14-27(26)35-30(29)23-17-15-22(4)16-18-23/h7-18,21,28,31,35H,5-6,19-20H2,1-4H3,(H,34,37). The Labute approximate surface area is 225 Å². The van der Waals surface area contributed by atoms with E-state index >= 15 is 0 Å². The normalized spacial score (nSPS) is 15.8. The van der Waals surface area contributed by atoms with E-state index in [4.69, 9.17) is 0 Å². The maximum Gasteiger partial charge on any atom is 0.255 e. The number of nitrogens with one attached hydrogen (secondary N) is 2. The van der Waals surface area contributed by atoms with E-state index in [-0.39, 0.29) is 23.8 Å². The lowest BCUT2D eigenvalue weighted by molar-refractivity contribution is -0.126. The van der Waals surface area contributed by atoms with Gasteiger partial charge in [-0.15, -0.1) is 0 Å². The van der Waals surface area contributed by atoms with Gasteiger partial charge in [0.2, 0.25) is 5.91 Å². The number of fused-ring (bicyclic) bond motifs is 2. The zero-order chi connectivity index (χ0) is 26.8. The lowest BCUT2D eigenvalue weighted by atomic mass is 9.91. The fraction of sp³-hybridized carbons (Fsp3) is 0.333. The molecule has 1 aromatic heterocycles. The van der Waals surface area contributed by atoms with Crippen LogP contribution in [-0.4, -0.2) is 34.3 Å². The van der Waals surface area contributed by atoms with E-state index in [0.29, 0.717) is 18.5 Å². The van der Waals surface area contributed by atoms with Gasteiger partial charge in [0.05, 0.1) is 11.7 Å². The molecule has 0 radical (unpaired) electrons. The number of hydrogen-bond donors (Lipinski definition) is 2. The van der Waals surface area contributed by atoms with Gasteiger partial charge >= 0.3 is 0 Å². The van der Waals surface area contributed by atoms with Crippen molar-refractivity contribution < 1.29 is 9.59 Å². The van der Waals surface area contributed by atoms with Crippen LogP contribution >= 0.6 is 0 Å². The lowest BCUT2D eigenvalue weighted by Gasteiger charge is -2.34. The zero-order valence-corrected chi connectivity index (χ0v) is 22.8. The molecule has 0 fully saturated rings. The SMILES string of the molecule is CCCCNC(=O)C(CC(C)C)N1C(=O)c2ccccc2C1c1c(-c2ccc(C)cc2)[nH]c2ccccc12. The first-order chi connectivity index (χ1) is 18.4. The number of rotatable bonds is 9. The van der Waals surface area contributed by atoms with Gasteiger partial charge < -0.3 is 15.2 Å². The van der Waals surface area contributed by atoms with Gasteiger partial charge in [0.25, 0.3) is 5.91 Å². The number of hydrogen-bond acceptors (Lipinski definition) is 2. The number of benzene rings is 3. The van der Waals surface area contributed by atoms with Crippen molar-refractivity contribution in [1.82, 2.24) is 15.2 Å². The van der Waals surface area contributed by atoms with Crippen molar-refractivity contribution in [2.75, 3.05) is 6.54 Å². The van der Waals surface area contributed by atoms with Crippen LogP contribution < -0.4 is 5.32 Å². The van der Waals surface area contributed by atoms with Crippen LogP contribution in [0.2, 0.25) is 0 Å². The number of unbranched alkanes of at least 4 members (excludes halogenated alkanes) is 1. The van der Waals surface area contributed by atoms with Crippen LogP contribution in [0.25, 0.3) is 22.2 Å². The number of aromatic amines is 1. The Balaban J connectivity index is 1.72. The summed E-state index contributed by atoms with van der Waals surface area (Å²) in [6.07, 6.45) is 2.51. The number of carbonyl (C=O) groups is 2. The molecule has 5 heteroatoms. The number of aryl methyl sites for hydroxylation is 1. The molecule has 3 aromatic carbocycles. The van der Waals surface area contributed by atoms with E-state index < -0.39 is 6.04 Å². The van der Waals surface area contributed by atoms with Crippen molar-refractivity contribution in [3.63, 3.8) is 0 Å². The average molecular weight is 508 g/mol. The Morgan fingerprint density at radius 1 is 1.00 bits per heavy atom. The molecule has 0 saturated heterocycles. The van der Waals surface area contributed by atoms with Gasteiger partial charge in [-0.3, -0.25) is 9.59 Å². The molecule has 1 aliphatic heterocycles. The maximum absolute atomic E-state index is 14.1. The Morgan fingerprint density at radius 2 is 1.71 bits per heavy atom. The van der Waals surface area contributed by atoms with Crippen LogP contribution in [0.3, 0.4) is 0 Å². The highest BCUT2D eigenvalue weighted by Crippen LogP contribution is 2.46. The molecule has 4 aromatic rings. The summed E-state index contributed by atoms with van der Waals surface area (Å²) in [4.78, 5) is 33.3. The fourth-order valence-corrected chi connectivity index (χ4v) is 5.65. The number of amides is 2. The lowest BCUT2D eigenvalue weighted by Crippen LogP contribution is -2.49. The Kier molecular flexibility index (Phi) is 7.37. The molecule has 0 aliphatic carbocycles. The van der Waals surface area contributed by atoms with Crippen LogP contribution in [0.4, 0.5) is 0 Å². The molecule has 38 heavy (non-hydrogen) atoms. The van der Waals surface area contributed by atoms with Crippen LogP contribution in [0, 0.1) is 12.8 Å². The van der Waals surface area contributed by atoms with E-state index in [1.54, 1.807) is 0 Å². The van der Waals surface area contributed by atoms with E-state index in [1.807, 2.05) is 41.3 Å². The van der Waals surface area contributed by atoms with E-state index in [9.17, 15) is 9.59 Å². The summed E-state index contributed by atoms with van der Waals surface area (Å²) in [7, 11) is 0. The van der Waals surface area contributed by atoms with Crippen molar-refractivity contribution in [3.05, 3.63) is 95.1 Å². The predicted octanol–water partition coefficient (Wildman–Crippen LogP) is 7.02. The third-order valence-electron chi connectivity index (χ3n) is 7.52. The number of nitrogens with zero attached hydrogens (tertiary/aromatic N) is 1. The van der Waals surface area contributed by atoms with Gasteiger partial charge in [0.1, 0.15) is 6.04 Å². The molecular formula is C33H37N3O2. The van der Waals surface area contributed by atoms with Crippen LogP contribution in [0.5, 0.6) is 0 Å². The monoisotopic (exact) mass is 507 g/mol. The number of H-pyrrole nitrogens is 1. The fourth-order valence-electron chi connectivity index (χ4n) is 5.65. The Hall–Kier alpha value is -3.86. The third kappa shape index (κ3) is 4.73. The van der Waals surface area contributed by atoms with Crippen molar-refractivity contribution in [2.45, 2.75) is 59.0 Å². The van der Waals surface area contributed by atoms with Gasteiger partial charge in [-0.05, 0) is 48.9 Å². The van der Waals surface area contributed by atoms with Crippen LogP contribution in [0.1, 0.15) is 73.1 Å². The minimum atomic E-state index is -0.573. The molecule has 2 N–H and O–H groups in total. The van der Waals surface area contributed by atoms with Gasteiger partial charge in [0.15, 0.2) is 0 Å². The highest BCUT2D eigenvalue weighted by molar-refractivity contribution is 6.04. The summed E-state index contributed by atoms with van der Waals surface area (Å²) in [6, 6.07) is 23.6. The average Bonchev–Trinajstić information content (AvgIpc) is 3.43. The minimum absolute atomic E-state index is 0.0740. The van der Waals surface area contributed by atoms with Crippen molar-refractivity contribution in [1.29, 1.82) is 0 Å². The van der Waals surface area contributed by atoms with Crippen molar-refractivity contribution in [3.8, 4) is 11.3 Å². The number of para-hydroxylation sites is 1. The molecule has 0 saturated carbocycles. The highest BCUT2D eigenvalue weighted by atomic mass is 16.2. The zero-order valence-electron chi connectivity index (χ0n) is 22.8. The minimum Gasteiger partial charge on any atom is -0.354 e. The van der Waals surface area contributed by atoms with Gasteiger partial charge in [0, 0.05) is 28.6 Å². The van der Waals surface area contributed by atoms with E-state index in [0.717, 1.165) is 46.1 Å². The highest BCUT2D eigenvalue weighted by Gasteiger charge is 2.45. The summed E-state index contributed by atoms with van der Waals surface area (Å²) < 4.78 is 0. The Bertz CT molecular complexity index is 1450. The smallest absolute Gasteiger partial charge is 0.255 e. The molecule has 5 nitrogen and oxygen atoms in total. The molecule has 1 aliphatic rings. The van der Waals surface area contributed by atoms with Gasteiger partial charge in [-0.1, -0.05) is 93.4 Å². The molecule has 2 heterocycles. The van der Waals surface area contributed by atoms with E-state index in [1.165, 1.54) is 5.56 Å². The summed E-state index contributed by atoms with van der Waals surface area (Å²) in [5, 5.41) is 4.20. The summed E-state index contributed by atoms with van der Waals surface area (Å²) in [6.45, 7) is 9.03. The third-order valence-corrected chi connectivity index (χ3v) is 7.52. The predicted molar refractivity (Wildman–Crippen MR) is 154 cm³/mol. The second-order valence-electron chi connectivity index (χ2n) is 10.8. The molecular weight excluding hydrogens is 470 g/mol. The van der Waals surface area contributed by atoms with E-state index in [2.05, 4.69) is 74.4 Å².